The molecule has 0 radical (unpaired) electrons. The Balaban J connectivity index is 1.57. The highest BCUT2D eigenvalue weighted by Crippen LogP contribution is 2.26. The zero-order chi connectivity index (χ0) is 16.9. The van der Waals surface area contributed by atoms with E-state index in [2.05, 4.69) is 10.2 Å². The Labute approximate surface area is 141 Å². The normalized spacial score (nSPS) is 31.5. The molecule has 2 heterocycles. The minimum Gasteiger partial charge on any atom is -0.394 e. The smallest absolute Gasteiger partial charge is 0.123 e. The fraction of sp³-hybridized carbons (Fsp3) is 0.647. The van der Waals surface area contributed by atoms with Crippen molar-refractivity contribution >= 4 is 0 Å². The van der Waals surface area contributed by atoms with E-state index in [-0.39, 0.29) is 24.6 Å². The number of morpholine rings is 1. The van der Waals surface area contributed by atoms with Gasteiger partial charge in [-0.3, -0.25) is 4.90 Å². The molecule has 0 saturated carbocycles. The molecule has 0 aliphatic carbocycles. The summed E-state index contributed by atoms with van der Waals surface area (Å²) in [6.45, 7) is 3.72. The first-order chi connectivity index (χ1) is 11.7. The van der Waals surface area contributed by atoms with Gasteiger partial charge in [-0.1, -0.05) is 12.1 Å². The Bertz CT molecular complexity index is 510. The molecule has 24 heavy (non-hydrogen) atoms. The zero-order valence-electron chi connectivity index (χ0n) is 13.6. The van der Waals surface area contributed by atoms with Crippen molar-refractivity contribution in [1.82, 2.24) is 10.2 Å². The molecule has 2 aliphatic rings. The molecule has 2 aliphatic heterocycles. The van der Waals surface area contributed by atoms with Gasteiger partial charge in [-0.25, -0.2) is 4.39 Å². The van der Waals surface area contributed by atoms with E-state index < -0.39 is 12.2 Å². The van der Waals surface area contributed by atoms with Gasteiger partial charge < -0.3 is 25.0 Å². The van der Waals surface area contributed by atoms with Gasteiger partial charge in [0, 0.05) is 26.2 Å². The van der Waals surface area contributed by atoms with Gasteiger partial charge in [0.2, 0.25) is 0 Å². The maximum Gasteiger partial charge on any atom is 0.123 e. The van der Waals surface area contributed by atoms with Gasteiger partial charge in [0.15, 0.2) is 0 Å². The second-order valence-electron chi connectivity index (χ2n) is 6.28. The summed E-state index contributed by atoms with van der Waals surface area (Å²) in [4.78, 5) is 2.17. The second-order valence-corrected chi connectivity index (χ2v) is 6.28. The van der Waals surface area contributed by atoms with Gasteiger partial charge in [0.1, 0.15) is 18.0 Å². The van der Waals surface area contributed by atoms with Crippen LogP contribution in [-0.4, -0.2) is 78.9 Å². The molecule has 0 aromatic heterocycles. The van der Waals surface area contributed by atoms with Crippen LogP contribution in [-0.2, 0) is 16.0 Å². The van der Waals surface area contributed by atoms with Crippen molar-refractivity contribution < 1.29 is 24.1 Å². The van der Waals surface area contributed by atoms with Crippen molar-refractivity contribution in [2.24, 2.45) is 0 Å². The van der Waals surface area contributed by atoms with Crippen LogP contribution in [0.4, 0.5) is 4.39 Å². The first-order valence-electron chi connectivity index (χ1n) is 8.40. The molecule has 7 heteroatoms. The highest BCUT2D eigenvalue weighted by molar-refractivity contribution is 5.15. The van der Waals surface area contributed by atoms with Crippen molar-refractivity contribution in [3.63, 3.8) is 0 Å². The third kappa shape index (κ3) is 4.11. The lowest BCUT2D eigenvalue weighted by Crippen LogP contribution is -2.54. The molecule has 0 bridgehead atoms. The van der Waals surface area contributed by atoms with E-state index in [1.807, 2.05) is 0 Å². The molecular formula is C17H25FN2O4. The average Bonchev–Trinajstić information content (AvgIpc) is 2.93. The van der Waals surface area contributed by atoms with Crippen LogP contribution in [0.3, 0.4) is 0 Å². The van der Waals surface area contributed by atoms with E-state index in [0.29, 0.717) is 26.3 Å². The summed E-state index contributed by atoms with van der Waals surface area (Å²) in [6.07, 6.45) is -1.49. The van der Waals surface area contributed by atoms with Crippen molar-refractivity contribution in [2.45, 2.75) is 30.9 Å². The Hall–Kier alpha value is -1.09. The molecule has 0 spiro atoms. The Morgan fingerprint density at radius 1 is 1.17 bits per heavy atom. The molecule has 2 fully saturated rings. The van der Waals surface area contributed by atoms with E-state index in [1.165, 1.54) is 12.1 Å². The van der Waals surface area contributed by atoms with Gasteiger partial charge >= 0.3 is 0 Å². The van der Waals surface area contributed by atoms with Crippen LogP contribution in [0.15, 0.2) is 24.3 Å². The van der Waals surface area contributed by atoms with Crippen LogP contribution in [0.2, 0.25) is 0 Å². The molecule has 2 saturated heterocycles. The van der Waals surface area contributed by atoms with Crippen LogP contribution in [0.25, 0.3) is 0 Å². The number of nitrogens with zero attached hydrogens (tertiary/aromatic N) is 1. The summed E-state index contributed by atoms with van der Waals surface area (Å²) in [7, 11) is 0. The number of rotatable bonds is 6. The summed E-state index contributed by atoms with van der Waals surface area (Å²) in [5, 5.41) is 23.2. The number of nitrogens with one attached hydrogen (secondary N) is 1. The van der Waals surface area contributed by atoms with E-state index in [1.54, 1.807) is 12.1 Å². The quantitative estimate of drug-likeness (QED) is 0.662. The molecule has 3 N–H and O–H groups in total. The van der Waals surface area contributed by atoms with E-state index in [9.17, 15) is 14.6 Å². The van der Waals surface area contributed by atoms with E-state index >= 15 is 0 Å². The molecule has 6 nitrogen and oxygen atoms in total. The molecule has 4 atom stereocenters. The first-order valence-corrected chi connectivity index (χ1v) is 8.40. The topological polar surface area (TPSA) is 74.2 Å². The minimum atomic E-state index is -0.717. The lowest BCUT2D eigenvalue weighted by molar-refractivity contribution is -0.0225. The molecule has 134 valence electrons. The number of benzene rings is 1. The number of ether oxygens (including phenoxy) is 2. The number of hydrogen-bond donors (Lipinski definition) is 3. The molecule has 3 rings (SSSR count). The highest BCUT2D eigenvalue weighted by atomic mass is 19.1. The van der Waals surface area contributed by atoms with Crippen molar-refractivity contribution in [3.05, 3.63) is 35.6 Å². The van der Waals surface area contributed by atoms with Gasteiger partial charge in [0.25, 0.3) is 0 Å². The molecular weight excluding hydrogens is 315 g/mol. The van der Waals surface area contributed by atoms with Crippen molar-refractivity contribution in [3.8, 4) is 0 Å². The summed E-state index contributed by atoms with van der Waals surface area (Å²) in [6, 6.07) is 6.19. The van der Waals surface area contributed by atoms with Crippen molar-refractivity contribution in [1.29, 1.82) is 0 Å². The standard InChI is InChI=1S/C17H25FN2O4/c18-13-3-1-12(2-4-13)9-19-10-14-16(17(22)15(11-21)24-14)20-5-7-23-8-6-20/h1-4,14-17,19,21-22H,5-11H2/t14-,15-,16-,17+/m0/s1. The summed E-state index contributed by atoms with van der Waals surface area (Å²) in [5.41, 5.74) is 0.983. The number of aliphatic hydroxyl groups excluding tert-OH is 2. The van der Waals surface area contributed by atoms with Crippen LogP contribution < -0.4 is 5.32 Å². The molecule has 1 aromatic carbocycles. The zero-order valence-corrected chi connectivity index (χ0v) is 13.6. The predicted molar refractivity (Wildman–Crippen MR) is 86.0 cm³/mol. The van der Waals surface area contributed by atoms with E-state index in [4.69, 9.17) is 9.47 Å². The van der Waals surface area contributed by atoms with Crippen LogP contribution in [0.1, 0.15) is 5.56 Å². The fourth-order valence-corrected chi connectivity index (χ4v) is 3.43. The molecule has 0 amide bonds. The van der Waals surface area contributed by atoms with Gasteiger partial charge in [-0.15, -0.1) is 0 Å². The van der Waals surface area contributed by atoms with E-state index in [0.717, 1.165) is 18.7 Å². The lowest BCUT2D eigenvalue weighted by atomic mass is 10.0. The second kappa shape index (κ2) is 8.33. The largest absolute Gasteiger partial charge is 0.394 e. The van der Waals surface area contributed by atoms with Gasteiger partial charge in [-0.2, -0.15) is 0 Å². The molecule has 0 unspecified atom stereocenters. The Kier molecular flexibility index (Phi) is 6.15. The van der Waals surface area contributed by atoms with Crippen molar-refractivity contribution in [2.75, 3.05) is 39.5 Å². The number of halogens is 1. The van der Waals surface area contributed by atoms with Crippen LogP contribution in [0.5, 0.6) is 0 Å². The summed E-state index contributed by atoms with van der Waals surface area (Å²) in [5.74, 6) is -0.251. The third-order valence-corrected chi connectivity index (χ3v) is 4.70. The molecule has 1 aromatic rings. The summed E-state index contributed by atoms with van der Waals surface area (Å²) >= 11 is 0. The highest BCUT2D eigenvalue weighted by Gasteiger charge is 2.46. The Morgan fingerprint density at radius 2 is 1.88 bits per heavy atom. The SMILES string of the molecule is OC[C@@H]1O[C@@H](CNCc2ccc(F)cc2)[C@H](N2CCOCC2)[C@@H]1O. The predicted octanol–water partition coefficient (Wildman–Crippen LogP) is -0.263. The average molecular weight is 340 g/mol. The third-order valence-electron chi connectivity index (χ3n) is 4.70. The van der Waals surface area contributed by atoms with Gasteiger partial charge in [-0.05, 0) is 17.7 Å². The monoisotopic (exact) mass is 340 g/mol. The fourth-order valence-electron chi connectivity index (χ4n) is 3.43. The summed E-state index contributed by atoms with van der Waals surface area (Å²) < 4.78 is 24.1. The maximum absolute atomic E-state index is 12.9. The van der Waals surface area contributed by atoms with Crippen LogP contribution in [0, 0.1) is 5.82 Å². The number of hydrogen-bond acceptors (Lipinski definition) is 6. The lowest BCUT2D eigenvalue weighted by Gasteiger charge is -2.36. The minimum absolute atomic E-state index is 0.160. The maximum atomic E-state index is 12.9. The Morgan fingerprint density at radius 3 is 2.54 bits per heavy atom. The van der Waals surface area contributed by atoms with Gasteiger partial charge in [0.05, 0.1) is 32.0 Å². The number of aliphatic hydroxyl groups is 2. The van der Waals surface area contributed by atoms with Crippen LogP contribution >= 0.6 is 0 Å². The first kappa shape index (κ1) is 17.7.